The third-order valence-electron chi connectivity index (χ3n) is 4.41. The van der Waals surface area contributed by atoms with E-state index in [9.17, 15) is 4.79 Å². The minimum Gasteiger partial charge on any atom is -0.351 e. The topological polar surface area (TPSA) is 85.8 Å². The van der Waals surface area contributed by atoms with Crippen molar-refractivity contribution in [3.63, 3.8) is 0 Å². The van der Waals surface area contributed by atoms with Crippen molar-refractivity contribution in [2.24, 2.45) is 11.7 Å². The molecule has 22 heavy (non-hydrogen) atoms. The zero-order valence-electron chi connectivity index (χ0n) is 13.5. The summed E-state index contributed by atoms with van der Waals surface area (Å²) in [4.78, 5) is 12.0. The molecule has 0 bridgehead atoms. The number of aryl methyl sites for hydroxylation is 1. The van der Waals surface area contributed by atoms with E-state index in [2.05, 4.69) is 15.6 Å². The Hall–Kier alpha value is -1.43. The normalized spacial score (nSPS) is 15.9. The van der Waals surface area contributed by atoms with Crippen molar-refractivity contribution in [1.82, 2.24) is 20.3 Å². The molecule has 0 spiro atoms. The van der Waals surface area contributed by atoms with Crippen molar-refractivity contribution < 1.29 is 4.79 Å². The third kappa shape index (κ3) is 5.75. The van der Waals surface area contributed by atoms with Crippen LogP contribution < -0.4 is 11.1 Å². The van der Waals surface area contributed by atoms with Crippen LogP contribution in [-0.4, -0.2) is 34.0 Å². The summed E-state index contributed by atoms with van der Waals surface area (Å²) >= 11 is 0. The zero-order chi connectivity index (χ0) is 15.6. The molecule has 0 aromatic carbocycles. The van der Waals surface area contributed by atoms with E-state index < -0.39 is 0 Å². The Morgan fingerprint density at radius 1 is 1.27 bits per heavy atom. The summed E-state index contributed by atoms with van der Waals surface area (Å²) in [6.45, 7) is 2.18. The summed E-state index contributed by atoms with van der Waals surface area (Å²) in [5.41, 5.74) is 5.87. The van der Waals surface area contributed by atoms with E-state index in [1.807, 2.05) is 0 Å². The Morgan fingerprint density at radius 2 is 2.09 bits per heavy atom. The fraction of sp³-hybridized carbons (Fsp3) is 0.812. The van der Waals surface area contributed by atoms with Gasteiger partial charge in [0.25, 0.3) is 5.91 Å². The minimum atomic E-state index is -0.117. The summed E-state index contributed by atoms with van der Waals surface area (Å²) in [6.07, 6.45) is 12.8. The number of nitrogens with two attached hydrogens (primary N) is 1. The van der Waals surface area contributed by atoms with E-state index >= 15 is 0 Å². The van der Waals surface area contributed by atoms with Gasteiger partial charge in [0.05, 0.1) is 6.20 Å². The first-order chi connectivity index (χ1) is 10.8. The largest absolute Gasteiger partial charge is 0.351 e. The van der Waals surface area contributed by atoms with Gasteiger partial charge in [0, 0.05) is 13.1 Å². The van der Waals surface area contributed by atoms with Gasteiger partial charge in [0.1, 0.15) is 0 Å². The molecular formula is C16H29N5O. The lowest BCUT2D eigenvalue weighted by Crippen LogP contribution is -2.25. The summed E-state index contributed by atoms with van der Waals surface area (Å²) in [5.74, 6) is 0.753. The molecule has 3 N–H and O–H groups in total. The van der Waals surface area contributed by atoms with E-state index in [-0.39, 0.29) is 5.91 Å². The van der Waals surface area contributed by atoms with Gasteiger partial charge >= 0.3 is 0 Å². The molecular weight excluding hydrogens is 278 g/mol. The molecule has 0 unspecified atom stereocenters. The maximum Gasteiger partial charge on any atom is 0.273 e. The van der Waals surface area contributed by atoms with E-state index in [4.69, 9.17) is 5.73 Å². The van der Waals surface area contributed by atoms with Crippen LogP contribution in [0.25, 0.3) is 0 Å². The van der Waals surface area contributed by atoms with E-state index in [1.165, 1.54) is 38.5 Å². The summed E-state index contributed by atoms with van der Waals surface area (Å²) in [7, 11) is 0. The minimum absolute atomic E-state index is 0.117. The van der Waals surface area contributed by atoms with Crippen molar-refractivity contribution in [1.29, 1.82) is 0 Å². The molecule has 124 valence electrons. The van der Waals surface area contributed by atoms with Crippen LogP contribution in [-0.2, 0) is 6.54 Å². The number of rotatable bonds is 9. The van der Waals surface area contributed by atoms with Crippen molar-refractivity contribution in [3.05, 3.63) is 11.9 Å². The smallest absolute Gasteiger partial charge is 0.273 e. The van der Waals surface area contributed by atoms with Gasteiger partial charge in [0.2, 0.25) is 0 Å². The van der Waals surface area contributed by atoms with Crippen LogP contribution in [0.3, 0.4) is 0 Å². The molecule has 2 rings (SSSR count). The van der Waals surface area contributed by atoms with Crippen LogP contribution >= 0.6 is 0 Å². The molecule has 1 aromatic rings. The molecule has 1 amide bonds. The first-order valence-electron chi connectivity index (χ1n) is 8.68. The highest BCUT2D eigenvalue weighted by atomic mass is 16.2. The number of nitrogens with zero attached hydrogens (tertiary/aromatic N) is 3. The van der Waals surface area contributed by atoms with E-state index in [1.54, 1.807) is 10.9 Å². The van der Waals surface area contributed by atoms with Gasteiger partial charge in [0.15, 0.2) is 5.69 Å². The van der Waals surface area contributed by atoms with Crippen LogP contribution in [0.15, 0.2) is 6.20 Å². The molecule has 1 aliphatic carbocycles. The van der Waals surface area contributed by atoms with Gasteiger partial charge in [-0.05, 0) is 38.1 Å². The Balaban J connectivity index is 1.62. The molecule has 6 nitrogen and oxygen atoms in total. The zero-order valence-corrected chi connectivity index (χ0v) is 13.5. The number of unbranched alkanes of at least 4 members (excludes halogenated alkanes) is 1. The first kappa shape index (κ1) is 16.9. The lowest BCUT2D eigenvalue weighted by atomic mass is 9.86. The van der Waals surface area contributed by atoms with Gasteiger partial charge in [-0.15, -0.1) is 5.10 Å². The highest BCUT2D eigenvalue weighted by Gasteiger charge is 2.14. The van der Waals surface area contributed by atoms with Crippen LogP contribution in [0.5, 0.6) is 0 Å². The quantitative estimate of drug-likeness (QED) is 0.684. The van der Waals surface area contributed by atoms with E-state index in [0.717, 1.165) is 38.3 Å². The van der Waals surface area contributed by atoms with Gasteiger partial charge in [-0.1, -0.05) is 37.3 Å². The average molecular weight is 307 g/mol. The van der Waals surface area contributed by atoms with Crippen molar-refractivity contribution in [3.8, 4) is 0 Å². The van der Waals surface area contributed by atoms with Gasteiger partial charge in [-0.25, -0.2) is 0 Å². The maximum absolute atomic E-state index is 12.0. The Bertz CT molecular complexity index is 439. The Kier molecular flexibility index (Phi) is 7.36. The number of hydrogen-bond donors (Lipinski definition) is 2. The highest BCUT2D eigenvalue weighted by molar-refractivity contribution is 5.91. The van der Waals surface area contributed by atoms with Gasteiger partial charge in [-0.2, -0.15) is 0 Å². The fourth-order valence-electron chi connectivity index (χ4n) is 3.09. The number of aromatic nitrogens is 3. The van der Waals surface area contributed by atoms with Crippen LogP contribution in [0, 0.1) is 5.92 Å². The van der Waals surface area contributed by atoms with Crippen LogP contribution in [0.2, 0.25) is 0 Å². The number of carbonyl (C=O) groups is 1. The van der Waals surface area contributed by atoms with Gasteiger partial charge < -0.3 is 11.1 Å². The standard InChI is InChI=1S/C16H29N5O/c17-10-4-5-12-21-13-15(19-20-21)16(22)18-11-6-9-14-7-2-1-3-8-14/h13-14H,1-12,17H2,(H,18,22). The molecule has 1 fully saturated rings. The lowest BCUT2D eigenvalue weighted by molar-refractivity contribution is 0.0947. The highest BCUT2D eigenvalue weighted by Crippen LogP contribution is 2.26. The maximum atomic E-state index is 12.0. The van der Waals surface area contributed by atoms with Crippen LogP contribution in [0.1, 0.15) is 68.3 Å². The second-order valence-electron chi connectivity index (χ2n) is 6.26. The van der Waals surface area contributed by atoms with E-state index in [0.29, 0.717) is 12.2 Å². The predicted molar refractivity (Wildman–Crippen MR) is 86.5 cm³/mol. The van der Waals surface area contributed by atoms with Crippen LogP contribution in [0.4, 0.5) is 0 Å². The molecule has 1 saturated carbocycles. The second-order valence-corrected chi connectivity index (χ2v) is 6.26. The number of amides is 1. The Morgan fingerprint density at radius 3 is 2.86 bits per heavy atom. The monoisotopic (exact) mass is 307 g/mol. The summed E-state index contributed by atoms with van der Waals surface area (Å²) < 4.78 is 1.71. The number of carbonyl (C=O) groups excluding carboxylic acids is 1. The SMILES string of the molecule is NCCCCn1cc(C(=O)NCCCC2CCCCC2)nn1. The average Bonchev–Trinajstić information content (AvgIpc) is 3.02. The number of nitrogens with one attached hydrogen (secondary N) is 1. The third-order valence-corrected chi connectivity index (χ3v) is 4.41. The van der Waals surface area contributed by atoms with Crippen molar-refractivity contribution >= 4 is 5.91 Å². The summed E-state index contributed by atoms with van der Waals surface area (Å²) in [5, 5.41) is 10.9. The second kappa shape index (κ2) is 9.56. The lowest BCUT2D eigenvalue weighted by Gasteiger charge is -2.21. The number of hydrogen-bond acceptors (Lipinski definition) is 4. The fourth-order valence-corrected chi connectivity index (χ4v) is 3.09. The molecule has 0 radical (unpaired) electrons. The Labute approximate surface area is 132 Å². The molecule has 0 aliphatic heterocycles. The van der Waals surface area contributed by atoms with Crippen molar-refractivity contribution in [2.75, 3.05) is 13.1 Å². The van der Waals surface area contributed by atoms with Crippen molar-refractivity contribution in [2.45, 2.75) is 64.3 Å². The molecule has 1 heterocycles. The molecule has 1 aromatic heterocycles. The first-order valence-corrected chi connectivity index (χ1v) is 8.68. The molecule has 0 saturated heterocycles. The predicted octanol–water partition coefficient (Wildman–Crippen LogP) is 2.11. The molecule has 0 atom stereocenters. The summed E-state index contributed by atoms with van der Waals surface area (Å²) in [6, 6.07) is 0. The van der Waals surface area contributed by atoms with Gasteiger partial charge in [-0.3, -0.25) is 9.48 Å². The molecule has 1 aliphatic rings. The molecule has 6 heteroatoms.